The van der Waals surface area contributed by atoms with Crippen molar-refractivity contribution in [1.29, 1.82) is 0 Å². The van der Waals surface area contributed by atoms with Crippen molar-refractivity contribution < 1.29 is 8.78 Å². The van der Waals surface area contributed by atoms with E-state index in [1.54, 1.807) is 0 Å². The highest BCUT2D eigenvalue weighted by Crippen LogP contribution is 1.73. The standard InChI is InChI=1S/C2H4ClF.C2H2ClF/c2*3-1-2-4/h1-2H2;1-2H. The molecule has 0 aliphatic rings. The first kappa shape index (κ1) is 11.0. The summed E-state index contributed by atoms with van der Waals surface area (Å²) in [5.74, 6) is 0.125. The molecule has 0 fully saturated rings. The summed E-state index contributed by atoms with van der Waals surface area (Å²) in [5.41, 5.74) is 0.806. The highest BCUT2D eigenvalue weighted by molar-refractivity contribution is 6.25. The smallest absolute Gasteiger partial charge is 0.103 e. The van der Waals surface area contributed by atoms with Crippen molar-refractivity contribution in [3.05, 3.63) is 11.9 Å². The average Bonchev–Trinajstić information content (AvgIpc) is 1.88. The minimum absolute atomic E-state index is 0.125. The van der Waals surface area contributed by atoms with Gasteiger partial charge in [-0.05, 0) is 0 Å². The summed E-state index contributed by atoms with van der Waals surface area (Å²) in [5, 5.41) is 0. The van der Waals surface area contributed by atoms with Crippen LogP contribution in [0.4, 0.5) is 8.78 Å². The van der Waals surface area contributed by atoms with Gasteiger partial charge in [0.25, 0.3) is 0 Å². The second kappa shape index (κ2) is 15.7. The number of rotatable bonds is 1. The summed E-state index contributed by atoms with van der Waals surface area (Å²) < 4.78 is 21.0. The summed E-state index contributed by atoms with van der Waals surface area (Å²) >= 11 is 9.44. The van der Waals surface area contributed by atoms with Gasteiger partial charge in [0.05, 0.1) is 12.2 Å². The van der Waals surface area contributed by atoms with E-state index >= 15 is 0 Å². The molecular formula is C4H6Cl2F2. The zero-order chi connectivity index (χ0) is 6.83. The lowest BCUT2D eigenvalue weighted by Gasteiger charge is -1.62. The maximum atomic E-state index is 10.6. The minimum atomic E-state index is -0.415. The number of hydrogen-bond donors (Lipinski definition) is 0. The fraction of sp³-hybridized carbons (Fsp3) is 0.500. The number of alkyl halides is 2. The molecule has 0 saturated carbocycles. The minimum Gasteiger partial charge on any atom is -0.250 e. The highest BCUT2D eigenvalue weighted by atomic mass is 35.5. The molecule has 0 radical (unpaired) electrons. The van der Waals surface area contributed by atoms with E-state index in [1.165, 1.54) is 0 Å². The van der Waals surface area contributed by atoms with Crippen LogP contribution >= 0.6 is 23.2 Å². The highest BCUT2D eigenvalue weighted by Gasteiger charge is 1.63. The largest absolute Gasteiger partial charge is 0.250 e. The van der Waals surface area contributed by atoms with Crippen LogP contribution in [0.3, 0.4) is 0 Å². The molecule has 0 aromatic rings. The molecule has 0 amide bonds. The van der Waals surface area contributed by atoms with E-state index in [9.17, 15) is 8.78 Å². The fourth-order valence-electron chi connectivity index (χ4n) is 0. The van der Waals surface area contributed by atoms with Gasteiger partial charge in [0.15, 0.2) is 0 Å². The van der Waals surface area contributed by atoms with E-state index in [0.29, 0.717) is 0 Å². The van der Waals surface area contributed by atoms with Crippen LogP contribution in [-0.4, -0.2) is 12.6 Å². The van der Waals surface area contributed by atoms with Crippen LogP contribution in [0.25, 0.3) is 0 Å². The quantitative estimate of drug-likeness (QED) is 0.521. The van der Waals surface area contributed by atoms with Crippen LogP contribution in [0.5, 0.6) is 0 Å². The Hall–Kier alpha value is 0.180. The van der Waals surface area contributed by atoms with E-state index in [4.69, 9.17) is 11.6 Å². The van der Waals surface area contributed by atoms with Gasteiger partial charge in [-0.3, -0.25) is 0 Å². The lowest BCUT2D eigenvalue weighted by atomic mass is 10.9. The number of hydrogen-bond acceptors (Lipinski definition) is 0. The van der Waals surface area contributed by atoms with Gasteiger partial charge in [-0.25, -0.2) is 8.78 Å². The lowest BCUT2D eigenvalue weighted by Crippen LogP contribution is -1.66. The molecule has 4 heteroatoms. The maximum absolute atomic E-state index is 10.6. The molecule has 0 aromatic heterocycles. The Morgan fingerprint density at radius 1 is 1.50 bits per heavy atom. The Labute approximate surface area is 57.1 Å². The van der Waals surface area contributed by atoms with Crippen molar-refractivity contribution in [3.63, 3.8) is 0 Å². The van der Waals surface area contributed by atoms with Crippen LogP contribution in [0.2, 0.25) is 0 Å². The van der Waals surface area contributed by atoms with Gasteiger partial charge in [0.2, 0.25) is 0 Å². The van der Waals surface area contributed by atoms with Gasteiger partial charge in [0, 0.05) is 5.54 Å². The van der Waals surface area contributed by atoms with Gasteiger partial charge in [-0.2, -0.15) is 0 Å². The first-order valence-electron chi connectivity index (χ1n) is 1.80. The van der Waals surface area contributed by atoms with E-state index in [1.807, 2.05) is 0 Å². The van der Waals surface area contributed by atoms with Crippen LogP contribution < -0.4 is 0 Å². The van der Waals surface area contributed by atoms with Crippen molar-refractivity contribution in [2.45, 2.75) is 0 Å². The van der Waals surface area contributed by atoms with Crippen LogP contribution in [-0.2, 0) is 0 Å². The van der Waals surface area contributed by atoms with Crippen LogP contribution in [0.15, 0.2) is 11.9 Å². The molecule has 0 atom stereocenters. The van der Waals surface area contributed by atoms with Crippen molar-refractivity contribution in [2.24, 2.45) is 0 Å². The third-order valence-corrected chi connectivity index (χ3v) is 0.357. The molecule has 0 rings (SSSR count). The van der Waals surface area contributed by atoms with Gasteiger partial charge < -0.3 is 0 Å². The molecule has 0 aromatic carbocycles. The van der Waals surface area contributed by atoms with Gasteiger partial charge in [0.1, 0.15) is 6.67 Å². The molecule has 50 valence electrons. The molecule has 0 N–H and O–H groups in total. The summed E-state index contributed by atoms with van der Waals surface area (Å²) in [6, 6.07) is 0. The Morgan fingerprint density at radius 2 is 1.75 bits per heavy atom. The third-order valence-electron chi connectivity index (χ3n) is 0.119. The van der Waals surface area contributed by atoms with E-state index in [2.05, 4.69) is 11.6 Å². The zero-order valence-electron chi connectivity index (χ0n) is 4.08. The molecular weight excluding hydrogens is 157 g/mol. The second-order valence-electron chi connectivity index (χ2n) is 0.630. The molecule has 0 aliphatic heterocycles. The second-order valence-corrected chi connectivity index (χ2v) is 1.26. The summed E-state index contributed by atoms with van der Waals surface area (Å²) in [6.07, 6.45) is 0.265. The van der Waals surface area contributed by atoms with Crippen molar-refractivity contribution in [2.75, 3.05) is 12.6 Å². The Morgan fingerprint density at radius 3 is 1.75 bits per heavy atom. The van der Waals surface area contributed by atoms with Crippen LogP contribution in [0.1, 0.15) is 0 Å². The molecule has 0 bridgehead atoms. The Kier molecular flexibility index (Phi) is 21.7. The number of halogens is 4. The molecule has 0 nitrogen and oxygen atoms in total. The predicted octanol–water partition coefficient (Wildman–Crippen LogP) is 2.86. The van der Waals surface area contributed by atoms with Gasteiger partial charge >= 0.3 is 0 Å². The molecule has 0 saturated heterocycles. The van der Waals surface area contributed by atoms with Crippen molar-refractivity contribution >= 4 is 23.2 Å². The van der Waals surface area contributed by atoms with Crippen molar-refractivity contribution in [3.8, 4) is 0 Å². The normalized spacial score (nSPS) is 8.50. The van der Waals surface area contributed by atoms with E-state index in [-0.39, 0.29) is 12.2 Å². The first-order chi connectivity index (χ1) is 3.83. The Balaban J connectivity index is 0. The summed E-state index contributed by atoms with van der Waals surface area (Å²) in [6.45, 7) is -0.415. The Bertz CT molecular complexity index is 41.3. The topological polar surface area (TPSA) is 0 Å². The SMILES string of the molecule is FC=CCl.FCCCl. The average molecular weight is 163 g/mol. The summed E-state index contributed by atoms with van der Waals surface area (Å²) in [4.78, 5) is 0. The molecule has 0 heterocycles. The maximum Gasteiger partial charge on any atom is 0.103 e. The molecule has 0 unspecified atom stereocenters. The molecule has 8 heavy (non-hydrogen) atoms. The predicted molar refractivity (Wildman–Crippen MR) is 32.8 cm³/mol. The monoisotopic (exact) mass is 162 g/mol. The molecule has 0 spiro atoms. The zero-order valence-corrected chi connectivity index (χ0v) is 5.59. The van der Waals surface area contributed by atoms with E-state index in [0.717, 1.165) is 5.54 Å². The third kappa shape index (κ3) is 34.9. The van der Waals surface area contributed by atoms with Crippen LogP contribution in [0, 0.1) is 0 Å². The summed E-state index contributed by atoms with van der Waals surface area (Å²) in [7, 11) is 0. The van der Waals surface area contributed by atoms with Gasteiger partial charge in [-0.1, -0.05) is 11.6 Å². The first-order valence-corrected chi connectivity index (χ1v) is 2.78. The van der Waals surface area contributed by atoms with E-state index < -0.39 is 6.67 Å². The lowest BCUT2D eigenvalue weighted by molar-refractivity contribution is 0.531. The fourth-order valence-corrected chi connectivity index (χ4v) is 0. The van der Waals surface area contributed by atoms with Crippen molar-refractivity contribution in [1.82, 2.24) is 0 Å². The van der Waals surface area contributed by atoms with Gasteiger partial charge in [-0.15, -0.1) is 11.6 Å². The molecule has 0 aliphatic carbocycles.